The monoisotopic (exact) mass is 440 g/mol. The number of nitrogens with zero attached hydrogens (tertiary/aromatic N) is 3. The lowest BCUT2D eigenvalue weighted by atomic mass is 10.1. The van der Waals surface area contributed by atoms with Crippen molar-refractivity contribution in [2.24, 2.45) is 0 Å². The molecule has 0 saturated heterocycles. The zero-order chi connectivity index (χ0) is 21.3. The van der Waals surface area contributed by atoms with Crippen molar-refractivity contribution >= 4 is 39.8 Å². The second-order valence-electron chi connectivity index (χ2n) is 6.40. The van der Waals surface area contributed by atoms with E-state index in [9.17, 15) is 28.0 Å². The highest BCUT2D eigenvalue weighted by Crippen LogP contribution is 2.36. The Kier molecular flexibility index (Phi) is 5.95. The lowest BCUT2D eigenvalue weighted by Crippen LogP contribution is -2.16. The van der Waals surface area contributed by atoms with Crippen LogP contribution in [0.4, 0.5) is 18.2 Å². The molecule has 0 saturated carbocycles. The van der Waals surface area contributed by atoms with E-state index in [4.69, 9.17) is 0 Å². The minimum absolute atomic E-state index is 0.111. The number of thioether (sulfide) groups is 1. The summed E-state index contributed by atoms with van der Waals surface area (Å²) in [5, 5.41) is 12.0. The van der Waals surface area contributed by atoms with E-state index in [1.54, 1.807) is 6.92 Å². The van der Waals surface area contributed by atoms with E-state index < -0.39 is 17.8 Å². The van der Waals surface area contributed by atoms with Crippen molar-refractivity contribution in [1.82, 2.24) is 9.97 Å². The lowest BCUT2D eigenvalue weighted by molar-refractivity contribution is -0.142. The molecule has 3 rings (SSSR count). The van der Waals surface area contributed by atoms with Gasteiger partial charge >= 0.3 is 6.18 Å². The summed E-state index contributed by atoms with van der Waals surface area (Å²) in [5.74, 6) is -0.974. The summed E-state index contributed by atoms with van der Waals surface area (Å²) in [6.07, 6.45) is -3.24. The molecule has 29 heavy (non-hydrogen) atoms. The number of hydrogen-bond donors (Lipinski definition) is 1. The van der Waals surface area contributed by atoms with Crippen LogP contribution in [0.5, 0.6) is 0 Å². The predicted octanol–water partition coefficient (Wildman–Crippen LogP) is 4.16. The van der Waals surface area contributed by atoms with Gasteiger partial charge in [-0.2, -0.15) is 18.4 Å². The number of amides is 1. The molecule has 2 aromatic rings. The maximum atomic E-state index is 13.3. The van der Waals surface area contributed by atoms with Gasteiger partial charge in [-0.25, -0.2) is 9.97 Å². The van der Waals surface area contributed by atoms with Crippen LogP contribution in [-0.2, 0) is 23.8 Å². The number of fused-ring (bicyclic) bond motifs is 1. The predicted molar refractivity (Wildman–Crippen MR) is 102 cm³/mol. The first-order valence-corrected chi connectivity index (χ1v) is 10.4. The third kappa shape index (κ3) is 4.43. The van der Waals surface area contributed by atoms with Crippen molar-refractivity contribution in [1.29, 1.82) is 5.26 Å². The number of alkyl halides is 3. The summed E-state index contributed by atoms with van der Waals surface area (Å²) in [6, 6.07) is 1.96. The van der Waals surface area contributed by atoms with Crippen LogP contribution in [0.25, 0.3) is 0 Å². The first-order valence-electron chi connectivity index (χ1n) is 8.55. The van der Waals surface area contributed by atoms with Gasteiger partial charge in [0, 0.05) is 11.3 Å². The van der Waals surface area contributed by atoms with Crippen LogP contribution in [0.1, 0.15) is 51.1 Å². The Bertz CT molecular complexity index is 1040. The van der Waals surface area contributed by atoms with Crippen molar-refractivity contribution in [3.8, 4) is 6.07 Å². The summed E-state index contributed by atoms with van der Waals surface area (Å²) in [7, 11) is 0. The van der Waals surface area contributed by atoms with Gasteiger partial charge in [-0.1, -0.05) is 11.8 Å². The standard InChI is InChI=1S/C18H15F3N4O2S2/c1-8-11(6-22)16(29-14(8)9(2)26)24-13(27)7-28-17-23-12-5-3-4-10(12)15(25-17)18(19,20)21/h3-5,7H2,1-2H3,(H,24,27). The molecule has 6 nitrogen and oxygen atoms in total. The average Bonchev–Trinajstić information content (AvgIpc) is 3.22. The number of aromatic nitrogens is 2. The van der Waals surface area contributed by atoms with Crippen molar-refractivity contribution in [2.75, 3.05) is 11.1 Å². The number of hydrogen-bond acceptors (Lipinski definition) is 7. The Balaban J connectivity index is 1.75. The molecule has 2 heterocycles. The molecule has 0 fully saturated rings. The summed E-state index contributed by atoms with van der Waals surface area (Å²) in [6.45, 7) is 2.98. The Morgan fingerprint density at radius 3 is 2.66 bits per heavy atom. The molecule has 2 aromatic heterocycles. The van der Waals surface area contributed by atoms with Crippen LogP contribution in [0.3, 0.4) is 0 Å². The Morgan fingerprint density at radius 2 is 2.03 bits per heavy atom. The van der Waals surface area contributed by atoms with Gasteiger partial charge in [0.05, 0.1) is 16.2 Å². The molecule has 0 aliphatic heterocycles. The summed E-state index contributed by atoms with van der Waals surface area (Å²) in [4.78, 5) is 32.0. The fraction of sp³-hybridized carbons (Fsp3) is 0.389. The molecular formula is C18H15F3N4O2S2. The molecule has 0 spiro atoms. The SMILES string of the molecule is CC(=O)c1sc(NC(=O)CSc2nc3c(c(C(F)(F)F)n2)CCC3)c(C#N)c1C. The molecule has 0 bridgehead atoms. The number of nitrogens with one attached hydrogen (secondary N) is 1. The number of aryl methyl sites for hydroxylation is 1. The maximum Gasteiger partial charge on any atom is 0.433 e. The van der Waals surface area contributed by atoms with Crippen LogP contribution in [0, 0.1) is 18.3 Å². The Labute approximate surface area is 172 Å². The smallest absolute Gasteiger partial charge is 0.316 e. The van der Waals surface area contributed by atoms with Crippen LogP contribution < -0.4 is 5.32 Å². The summed E-state index contributed by atoms with van der Waals surface area (Å²) in [5.41, 5.74) is 0.267. The molecule has 1 N–H and O–H groups in total. The van der Waals surface area contributed by atoms with Gasteiger partial charge in [-0.05, 0) is 38.7 Å². The Hall–Kier alpha value is -2.45. The number of ketones is 1. The van der Waals surface area contributed by atoms with Gasteiger partial charge in [0.1, 0.15) is 11.1 Å². The number of Topliss-reactive ketones (excluding diaryl/α,β-unsaturated/α-hetero) is 1. The summed E-state index contributed by atoms with van der Waals surface area (Å²) < 4.78 is 39.8. The number of rotatable bonds is 5. The number of thiophene rings is 1. The fourth-order valence-corrected chi connectivity index (χ4v) is 4.81. The van der Waals surface area contributed by atoms with Gasteiger partial charge in [-0.3, -0.25) is 9.59 Å². The van der Waals surface area contributed by atoms with Crippen molar-refractivity contribution in [2.45, 2.75) is 44.4 Å². The second-order valence-corrected chi connectivity index (χ2v) is 8.36. The first kappa shape index (κ1) is 21.3. The van der Waals surface area contributed by atoms with E-state index in [1.165, 1.54) is 6.92 Å². The highest BCUT2D eigenvalue weighted by atomic mass is 32.2. The summed E-state index contributed by atoms with van der Waals surface area (Å²) >= 11 is 1.79. The number of nitriles is 1. The molecule has 0 unspecified atom stereocenters. The van der Waals surface area contributed by atoms with Crippen LogP contribution in [0.15, 0.2) is 5.16 Å². The maximum absolute atomic E-state index is 13.3. The molecule has 0 radical (unpaired) electrons. The van der Waals surface area contributed by atoms with Crippen LogP contribution in [0.2, 0.25) is 0 Å². The number of carbonyl (C=O) groups excluding carboxylic acids is 2. The third-order valence-corrected chi connectivity index (χ3v) is 6.50. The molecule has 1 aliphatic carbocycles. The topological polar surface area (TPSA) is 95.7 Å². The quantitative estimate of drug-likeness (QED) is 0.426. The third-order valence-electron chi connectivity index (χ3n) is 4.34. The van der Waals surface area contributed by atoms with E-state index in [0.29, 0.717) is 35.4 Å². The average molecular weight is 440 g/mol. The van der Waals surface area contributed by atoms with Gasteiger partial charge in [0.15, 0.2) is 16.6 Å². The first-order chi connectivity index (χ1) is 13.6. The van der Waals surface area contributed by atoms with E-state index in [-0.39, 0.29) is 32.8 Å². The molecule has 0 atom stereocenters. The van der Waals surface area contributed by atoms with Crippen molar-refractivity contribution in [3.05, 3.63) is 33.0 Å². The van der Waals surface area contributed by atoms with Crippen LogP contribution >= 0.6 is 23.1 Å². The fourth-order valence-electron chi connectivity index (χ4n) is 3.07. The van der Waals surface area contributed by atoms with Crippen LogP contribution in [-0.4, -0.2) is 27.4 Å². The lowest BCUT2D eigenvalue weighted by Gasteiger charge is -2.12. The molecular weight excluding hydrogens is 425 g/mol. The van der Waals surface area contributed by atoms with E-state index in [2.05, 4.69) is 15.3 Å². The van der Waals surface area contributed by atoms with Crippen molar-refractivity contribution in [3.63, 3.8) is 0 Å². The van der Waals surface area contributed by atoms with Gasteiger partial charge in [0.25, 0.3) is 0 Å². The second kappa shape index (κ2) is 8.12. The highest BCUT2D eigenvalue weighted by Gasteiger charge is 2.38. The molecule has 0 aromatic carbocycles. The molecule has 11 heteroatoms. The van der Waals surface area contributed by atoms with Crippen molar-refractivity contribution < 1.29 is 22.8 Å². The zero-order valence-electron chi connectivity index (χ0n) is 15.4. The molecule has 1 amide bonds. The van der Waals surface area contributed by atoms with Gasteiger partial charge < -0.3 is 5.32 Å². The minimum atomic E-state index is -4.58. The Morgan fingerprint density at radius 1 is 1.31 bits per heavy atom. The number of carbonyl (C=O) groups is 2. The normalized spacial score (nSPS) is 13.1. The number of anilines is 1. The number of halogens is 3. The van der Waals surface area contributed by atoms with E-state index >= 15 is 0 Å². The van der Waals surface area contributed by atoms with Gasteiger partial charge in [-0.15, -0.1) is 11.3 Å². The molecule has 1 aliphatic rings. The molecule has 152 valence electrons. The van der Waals surface area contributed by atoms with Gasteiger partial charge in [0.2, 0.25) is 5.91 Å². The highest BCUT2D eigenvalue weighted by molar-refractivity contribution is 7.99. The van der Waals surface area contributed by atoms with E-state index in [1.807, 2.05) is 6.07 Å². The minimum Gasteiger partial charge on any atom is -0.316 e. The van der Waals surface area contributed by atoms with E-state index in [0.717, 1.165) is 23.1 Å². The zero-order valence-corrected chi connectivity index (χ0v) is 17.1. The largest absolute Gasteiger partial charge is 0.433 e.